The molecule has 0 spiro atoms. The standard InChI is InChI=1S/C19H23N5/c1-13(2)15-7-5-8-16(10-15)23-19(20)21-11-17-12-24-14(3)6-4-9-18(24)22-17/h4-10,12-13H,11H2,1-3H3,(H3,20,21,23). The van der Waals surface area contributed by atoms with Crippen LogP contribution in [0.5, 0.6) is 0 Å². The van der Waals surface area contributed by atoms with Gasteiger partial charge < -0.3 is 15.5 Å². The molecule has 0 atom stereocenters. The van der Waals surface area contributed by atoms with Gasteiger partial charge in [-0.05, 0) is 42.7 Å². The van der Waals surface area contributed by atoms with Crippen LogP contribution in [0, 0.1) is 6.92 Å². The minimum absolute atomic E-state index is 0.393. The molecule has 3 rings (SSSR count). The Balaban J connectivity index is 1.71. The fourth-order valence-corrected chi connectivity index (χ4v) is 2.60. The largest absolute Gasteiger partial charge is 0.370 e. The average molecular weight is 321 g/mol. The van der Waals surface area contributed by atoms with Gasteiger partial charge in [0.25, 0.3) is 0 Å². The van der Waals surface area contributed by atoms with Crippen molar-refractivity contribution in [2.24, 2.45) is 10.7 Å². The van der Waals surface area contributed by atoms with Gasteiger partial charge in [0, 0.05) is 17.6 Å². The van der Waals surface area contributed by atoms with Crippen LogP contribution in [0.2, 0.25) is 0 Å². The number of nitrogens with zero attached hydrogens (tertiary/aromatic N) is 3. The highest BCUT2D eigenvalue weighted by molar-refractivity contribution is 5.92. The Morgan fingerprint density at radius 1 is 1.25 bits per heavy atom. The number of hydrogen-bond donors (Lipinski definition) is 2. The average Bonchev–Trinajstić information content (AvgIpc) is 2.98. The molecule has 0 aliphatic carbocycles. The van der Waals surface area contributed by atoms with Crippen molar-refractivity contribution in [3.05, 3.63) is 65.6 Å². The summed E-state index contributed by atoms with van der Waals surface area (Å²) >= 11 is 0. The number of benzene rings is 1. The predicted molar refractivity (Wildman–Crippen MR) is 99.4 cm³/mol. The predicted octanol–water partition coefficient (Wildman–Crippen LogP) is 3.69. The third-order valence-electron chi connectivity index (χ3n) is 3.98. The first-order valence-corrected chi connectivity index (χ1v) is 8.13. The molecule has 0 bridgehead atoms. The number of nitrogens with one attached hydrogen (secondary N) is 1. The van der Waals surface area contributed by atoms with E-state index in [0.717, 1.165) is 22.7 Å². The molecule has 0 radical (unpaired) electrons. The van der Waals surface area contributed by atoms with E-state index in [1.165, 1.54) is 5.56 Å². The Kier molecular flexibility index (Phi) is 4.51. The minimum atomic E-state index is 0.393. The maximum absolute atomic E-state index is 6.01. The monoisotopic (exact) mass is 321 g/mol. The van der Waals surface area contributed by atoms with Gasteiger partial charge in [-0.15, -0.1) is 0 Å². The maximum atomic E-state index is 6.01. The van der Waals surface area contributed by atoms with Crippen molar-refractivity contribution in [3.8, 4) is 0 Å². The molecule has 0 amide bonds. The summed E-state index contributed by atoms with van der Waals surface area (Å²) in [5.74, 6) is 0.871. The van der Waals surface area contributed by atoms with E-state index in [1.807, 2.05) is 30.5 Å². The highest BCUT2D eigenvalue weighted by atomic mass is 15.1. The Bertz CT molecular complexity index is 876. The Labute approximate surface area is 142 Å². The number of pyridine rings is 1. The SMILES string of the molecule is Cc1cccc2nc(CN=C(N)Nc3cccc(C(C)C)c3)cn12. The quantitative estimate of drug-likeness (QED) is 0.569. The van der Waals surface area contributed by atoms with Gasteiger partial charge in [0.2, 0.25) is 0 Å². The summed E-state index contributed by atoms with van der Waals surface area (Å²) in [6.07, 6.45) is 2.00. The van der Waals surface area contributed by atoms with E-state index in [4.69, 9.17) is 5.73 Å². The highest BCUT2D eigenvalue weighted by Crippen LogP contribution is 2.18. The fraction of sp³-hybridized carbons (Fsp3) is 0.263. The van der Waals surface area contributed by atoms with Crippen LogP contribution in [0.1, 0.15) is 36.7 Å². The number of guanidine groups is 1. The molecule has 2 heterocycles. The molecule has 3 N–H and O–H groups in total. The van der Waals surface area contributed by atoms with Crippen LogP contribution in [0.25, 0.3) is 5.65 Å². The lowest BCUT2D eigenvalue weighted by Crippen LogP contribution is -2.22. The Morgan fingerprint density at radius 2 is 2.04 bits per heavy atom. The Morgan fingerprint density at radius 3 is 2.79 bits per heavy atom. The van der Waals surface area contributed by atoms with E-state index in [9.17, 15) is 0 Å². The van der Waals surface area contributed by atoms with Crippen molar-refractivity contribution >= 4 is 17.3 Å². The lowest BCUT2D eigenvalue weighted by atomic mass is 10.0. The summed E-state index contributed by atoms with van der Waals surface area (Å²) in [4.78, 5) is 8.96. The highest BCUT2D eigenvalue weighted by Gasteiger charge is 2.04. The van der Waals surface area contributed by atoms with Crippen LogP contribution in [0.3, 0.4) is 0 Å². The number of aryl methyl sites for hydroxylation is 1. The lowest BCUT2D eigenvalue weighted by Gasteiger charge is -2.09. The number of imidazole rings is 1. The van der Waals surface area contributed by atoms with Crippen molar-refractivity contribution in [1.82, 2.24) is 9.38 Å². The molecule has 0 unspecified atom stereocenters. The smallest absolute Gasteiger partial charge is 0.193 e. The van der Waals surface area contributed by atoms with Crippen LogP contribution in [0.15, 0.2) is 53.7 Å². The van der Waals surface area contributed by atoms with Crippen molar-refractivity contribution in [1.29, 1.82) is 0 Å². The molecule has 5 heteroatoms. The summed E-state index contributed by atoms with van der Waals surface area (Å²) < 4.78 is 2.06. The zero-order chi connectivity index (χ0) is 17.1. The molecule has 0 saturated heterocycles. The van der Waals surface area contributed by atoms with Gasteiger partial charge in [-0.3, -0.25) is 0 Å². The summed E-state index contributed by atoms with van der Waals surface area (Å²) in [6, 6.07) is 14.3. The maximum Gasteiger partial charge on any atom is 0.193 e. The van der Waals surface area contributed by atoms with Crippen LogP contribution >= 0.6 is 0 Å². The van der Waals surface area contributed by atoms with E-state index < -0.39 is 0 Å². The third kappa shape index (κ3) is 3.56. The van der Waals surface area contributed by atoms with Gasteiger partial charge in [0.1, 0.15) is 5.65 Å². The molecule has 1 aromatic carbocycles. The van der Waals surface area contributed by atoms with E-state index in [2.05, 4.69) is 58.7 Å². The third-order valence-corrected chi connectivity index (χ3v) is 3.98. The topological polar surface area (TPSA) is 67.7 Å². The Hall–Kier alpha value is -2.82. The first kappa shape index (κ1) is 16.1. The number of anilines is 1. The van der Waals surface area contributed by atoms with Crippen LogP contribution in [-0.2, 0) is 6.54 Å². The second kappa shape index (κ2) is 6.74. The molecule has 5 nitrogen and oxygen atoms in total. The van der Waals surface area contributed by atoms with Crippen LogP contribution in [-0.4, -0.2) is 15.3 Å². The summed E-state index contributed by atoms with van der Waals surface area (Å²) in [7, 11) is 0. The molecule has 0 saturated carbocycles. The number of rotatable bonds is 4. The molecular weight excluding hydrogens is 298 g/mol. The number of nitrogens with two attached hydrogens (primary N) is 1. The minimum Gasteiger partial charge on any atom is -0.370 e. The molecule has 0 aliphatic rings. The van der Waals surface area contributed by atoms with Gasteiger partial charge in [-0.2, -0.15) is 0 Å². The van der Waals surface area contributed by atoms with Gasteiger partial charge in [-0.25, -0.2) is 9.98 Å². The number of fused-ring (bicyclic) bond motifs is 1. The van der Waals surface area contributed by atoms with Crippen LogP contribution in [0.4, 0.5) is 5.69 Å². The van der Waals surface area contributed by atoms with Crippen molar-refractivity contribution < 1.29 is 0 Å². The fourth-order valence-electron chi connectivity index (χ4n) is 2.60. The van der Waals surface area contributed by atoms with Crippen molar-refractivity contribution in [3.63, 3.8) is 0 Å². The molecule has 2 aromatic heterocycles. The summed E-state index contributed by atoms with van der Waals surface area (Å²) in [5, 5.41) is 3.15. The molecule has 24 heavy (non-hydrogen) atoms. The van der Waals surface area contributed by atoms with Crippen LogP contribution < -0.4 is 11.1 Å². The second-order valence-electron chi connectivity index (χ2n) is 6.23. The van der Waals surface area contributed by atoms with Gasteiger partial charge in [-0.1, -0.05) is 32.0 Å². The first-order valence-electron chi connectivity index (χ1n) is 8.13. The molecule has 0 aliphatic heterocycles. The first-order chi connectivity index (χ1) is 11.5. The number of hydrogen-bond acceptors (Lipinski definition) is 2. The normalized spacial score (nSPS) is 12.1. The molecular formula is C19H23N5. The van der Waals surface area contributed by atoms with Crippen molar-refractivity contribution in [2.75, 3.05) is 5.32 Å². The number of aliphatic imine (C=N–C) groups is 1. The molecule has 124 valence electrons. The lowest BCUT2D eigenvalue weighted by molar-refractivity contribution is 0.867. The van der Waals surface area contributed by atoms with Crippen molar-refractivity contribution in [2.45, 2.75) is 33.2 Å². The van der Waals surface area contributed by atoms with E-state index in [0.29, 0.717) is 18.4 Å². The molecule has 3 aromatic rings. The van der Waals surface area contributed by atoms with Gasteiger partial charge in [0.15, 0.2) is 5.96 Å². The zero-order valence-electron chi connectivity index (χ0n) is 14.3. The van der Waals surface area contributed by atoms with E-state index in [1.54, 1.807) is 0 Å². The molecule has 0 fully saturated rings. The van der Waals surface area contributed by atoms with Gasteiger partial charge in [0.05, 0.1) is 12.2 Å². The summed E-state index contributed by atoms with van der Waals surface area (Å²) in [5.41, 5.74) is 11.2. The zero-order valence-corrected chi connectivity index (χ0v) is 14.3. The van der Waals surface area contributed by atoms with Gasteiger partial charge >= 0.3 is 0 Å². The van der Waals surface area contributed by atoms with E-state index >= 15 is 0 Å². The number of aromatic nitrogens is 2. The van der Waals surface area contributed by atoms with E-state index in [-0.39, 0.29) is 0 Å². The summed E-state index contributed by atoms with van der Waals surface area (Å²) in [6.45, 7) is 6.84. The second-order valence-corrected chi connectivity index (χ2v) is 6.23.